The van der Waals surface area contributed by atoms with Gasteiger partial charge >= 0.3 is 5.69 Å². The lowest BCUT2D eigenvalue weighted by Crippen LogP contribution is -2.44. The van der Waals surface area contributed by atoms with Crippen molar-refractivity contribution in [3.63, 3.8) is 0 Å². The number of nitrogens with zero attached hydrogens (tertiary/aromatic N) is 4. The quantitative estimate of drug-likeness (QED) is 0.465. The lowest BCUT2D eigenvalue weighted by molar-refractivity contribution is 0.0192. The maximum absolute atomic E-state index is 13.2. The molecule has 0 saturated heterocycles. The minimum atomic E-state index is -1.05. The predicted molar refractivity (Wildman–Crippen MR) is 122 cm³/mol. The zero-order chi connectivity index (χ0) is 23.3. The maximum Gasteiger partial charge on any atom is 0.332 e. The highest BCUT2D eigenvalue weighted by atomic mass is 35.5. The van der Waals surface area contributed by atoms with Crippen LogP contribution in [-0.2, 0) is 35.7 Å². The van der Waals surface area contributed by atoms with Gasteiger partial charge < -0.3 is 19.1 Å². The molecule has 1 unspecified atom stereocenters. The van der Waals surface area contributed by atoms with Crippen LogP contribution in [0.4, 0.5) is 0 Å². The van der Waals surface area contributed by atoms with Crippen LogP contribution in [0.2, 0.25) is 5.02 Å². The molecule has 0 saturated carbocycles. The molecular weight excluding hydrogens is 436 g/mol. The smallest absolute Gasteiger partial charge is 0.332 e. The fourth-order valence-corrected chi connectivity index (χ4v) is 3.66. The summed E-state index contributed by atoms with van der Waals surface area (Å²) >= 11 is 6.12. The van der Waals surface area contributed by atoms with Gasteiger partial charge in [0.05, 0.1) is 38.8 Å². The number of ether oxygens (including phenoxy) is 2. The lowest BCUT2D eigenvalue weighted by atomic mass is 10.2. The summed E-state index contributed by atoms with van der Waals surface area (Å²) in [4.78, 5) is 30.6. The molecule has 0 radical (unpaired) electrons. The van der Waals surface area contributed by atoms with Crippen LogP contribution < -0.4 is 11.2 Å². The molecule has 0 aliphatic heterocycles. The molecule has 32 heavy (non-hydrogen) atoms. The van der Waals surface area contributed by atoms with Crippen LogP contribution in [0.5, 0.6) is 0 Å². The predicted octanol–water partition coefficient (Wildman–Crippen LogP) is 1.89. The van der Waals surface area contributed by atoms with Crippen molar-refractivity contribution in [2.45, 2.75) is 46.2 Å². The minimum absolute atomic E-state index is 0.0533. The highest BCUT2D eigenvalue weighted by Gasteiger charge is 2.20. The van der Waals surface area contributed by atoms with E-state index >= 15 is 0 Å². The van der Waals surface area contributed by atoms with Gasteiger partial charge in [-0.2, -0.15) is 0 Å². The molecule has 10 heteroatoms. The summed E-state index contributed by atoms with van der Waals surface area (Å²) in [5.74, 6) is 0.162. The number of imidazole rings is 1. The van der Waals surface area contributed by atoms with Gasteiger partial charge in [0, 0.05) is 25.2 Å². The van der Waals surface area contributed by atoms with Gasteiger partial charge in [-0.05, 0) is 17.5 Å². The minimum Gasteiger partial charge on any atom is -0.389 e. The molecular formula is C22H29ClN4O5. The fourth-order valence-electron chi connectivity index (χ4n) is 3.47. The molecule has 174 valence electrons. The van der Waals surface area contributed by atoms with Crippen LogP contribution >= 0.6 is 11.6 Å². The number of hydrogen-bond donors (Lipinski definition) is 1. The molecule has 0 spiro atoms. The number of methoxy groups -OCH3 is 1. The Balaban J connectivity index is 1.86. The molecule has 1 atom stereocenters. The van der Waals surface area contributed by atoms with Gasteiger partial charge in [0.1, 0.15) is 0 Å². The largest absolute Gasteiger partial charge is 0.389 e. The summed E-state index contributed by atoms with van der Waals surface area (Å²) in [7, 11) is 1.57. The number of hydrogen-bond acceptors (Lipinski definition) is 6. The third-order valence-corrected chi connectivity index (χ3v) is 5.36. The van der Waals surface area contributed by atoms with Crippen molar-refractivity contribution in [2.75, 3.05) is 20.3 Å². The first-order chi connectivity index (χ1) is 15.3. The number of rotatable bonds is 11. The van der Waals surface area contributed by atoms with Crippen molar-refractivity contribution in [3.05, 3.63) is 62.0 Å². The summed E-state index contributed by atoms with van der Waals surface area (Å²) < 4.78 is 14.9. The van der Waals surface area contributed by atoms with Gasteiger partial charge in [0.2, 0.25) is 0 Å². The standard InChI is InChI=1S/C22H29ClN4O5/c1-15(2)10-26-20-19(25(14-24-20)8-9-31-3)21(29)27(22(26)30)11-17(28)13-32-12-16-6-4-5-7-18(16)23/h4-7,14-15,17,28H,8-13H2,1-3H3. The number of benzene rings is 1. The molecule has 3 aromatic rings. The van der Waals surface area contributed by atoms with Crippen molar-refractivity contribution >= 4 is 22.8 Å². The van der Waals surface area contributed by atoms with Gasteiger partial charge in [0.15, 0.2) is 11.2 Å². The first kappa shape index (κ1) is 24.2. The van der Waals surface area contributed by atoms with E-state index in [0.29, 0.717) is 35.9 Å². The van der Waals surface area contributed by atoms with Crippen LogP contribution in [-0.4, -0.2) is 50.2 Å². The Labute approximate surface area is 190 Å². The van der Waals surface area contributed by atoms with Crippen molar-refractivity contribution in [1.29, 1.82) is 0 Å². The Morgan fingerprint density at radius 3 is 2.59 bits per heavy atom. The summed E-state index contributed by atoms with van der Waals surface area (Å²) in [6, 6.07) is 7.26. The number of aromatic nitrogens is 4. The van der Waals surface area contributed by atoms with E-state index in [9.17, 15) is 14.7 Å². The Hall–Kier alpha value is -2.46. The molecule has 1 aromatic carbocycles. The number of fused-ring (bicyclic) bond motifs is 1. The van der Waals surface area contributed by atoms with Crippen molar-refractivity contribution < 1.29 is 14.6 Å². The Morgan fingerprint density at radius 2 is 1.91 bits per heavy atom. The first-order valence-corrected chi connectivity index (χ1v) is 10.9. The summed E-state index contributed by atoms with van der Waals surface area (Å²) in [5, 5.41) is 11.1. The summed E-state index contributed by atoms with van der Waals surface area (Å²) in [6.45, 7) is 5.15. The van der Waals surface area contributed by atoms with E-state index in [4.69, 9.17) is 21.1 Å². The lowest BCUT2D eigenvalue weighted by Gasteiger charge is -2.16. The maximum atomic E-state index is 13.2. The van der Waals surface area contributed by atoms with E-state index in [-0.39, 0.29) is 25.7 Å². The molecule has 0 amide bonds. The second-order valence-corrected chi connectivity index (χ2v) is 8.47. The van der Waals surface area contributed by atoms with Crippen LogP contribution in [0.15, 0.2) is 40.2 Å². The second-order valence-electron chi connectivity index (χ2n) is 8.07. The molecule has 0 aliphatic carbocycles. The molecule has 1 N–H and O–H groups in total. The molecule has 0 aliphatic rings. The van der Waals surface area contributed by atoms with Crippen LogP contribution in [0.1, 0.15) is 19.4 Å². The molecule has 0 fully saturated rings. The Bertz CT molecular complexity index is 1170. The highest BCUT2D eigenvalue weighted by molar-refractivity contribution is 6.31. The summed E-state index contributed by atoms with van der Waals surface area (Å²) in [6.07, 6.45) is 0.484. The van der Waals surface area contributed by atoms with E-state index in [2.05, 4.69) is 4.98 Å². The summed E-state index contributed by atoms with van der Waals surface area (Å²) in [5.41, 5.74) is 0.445. The third kappa shape index (κ3) is 5.47. The molecule has 2 heterocycles. The highest BCUT2D eigenvalue weighted by Crippen LogP contribution is 2.16. The van der Waals surface area contributed by atoms with Gasteiger partial charge in [-0.3, -0.25) is 13.9 Å². The first-order valence-electron chi connectivity index (χ1n) is 10.5. The average Bonchev–Trinajstić information content (AvgIpc) is 3.18. The Morgan fingerprint density at radius 1 is 1.16 bits per heavy atom. The van der Waals surface area contributed by atoms with Gasteiger partial charge in [-0.25, -0.2) is 9.78 Å². The molecule has 3 rings (SSSR count). The van der Waals surface area contributed by atoms with Gasteiger partial charge in [-0.15, -0.1) is 0 Å². The number of halogens is 1. The SMILES string of the molecule is COCCn1cnc2c1c(=O)n(CC(O)COCc1ccccc1Cl)c(=O)n2CC(C)C. The van der Waals surface area contributed by atoms with Crippen molar-refractivity contribution in [1.82, 2.24) is 18.7 Å². The van der Waals surface area contributed by atoms with E-state index in [0.717, 1.165) is 10.1 Å². The normalized spacial score (nSPS) is 12.7. The molecule has 0 bridgehead atoms. The van der Waals surface area contributed by atoms with Crippen LogP contribution in [0.25, 0.3) is 11.2 Å². The van der Waals surface area contributed by atoms with Crippen LogP contribution in [0, 0.1) is 5.92 Å². The molecule has 2 aromatic heterocycles. The monoisotopic (exact) mass is 464 g/mol. The van der Waals surface area contributed by atoms with E-state index in [1.54, 1.807) is 17.7 Å². The topological polar surface area (TPSA) is 101 Å². The third-order valence-electron chi connectivity index (χ3n) is 4.99. The van der Waals surface area contributed by atoms with Gasteiger partial charge in [-0.1, -0.05) is 43.6 Å². The van der Waals surface area contributed by atoms with E-state index < -0.39 is 17.4 Å². The second kappa shape index (κ2) is 10.9. The number of aliphatic hydroxyl groups is 1. The van der Waals surface area contributed by atoms with E-state index in [1.165, 1.54) is 10.9 Å². The fraction of sp³-hybridized carbons (Fsp3) is 0.500. The van der Waals surface area contributed by atoms with Crippen molar-refractivity contribution in [2.24, 2.45) is 5.92 Å². The van der Waals surface area contributed by atoms with Crippen molar-refractivity contribution in [3.8, 4) is 0 Å². The number of aliphatic hydroxyl groups excluding tert-OH is 1. The zero-order valence-electron chi connectivity index (χ0n) is 18.5. The van der Waals surface area contributed by atoms with Gasteiger partial charge in [0.25, 0.3) is 5.56 Å². The van der Waals surface area contributed by atoms with Crippen LogP contribution in [0.3, 0.4) is 0 Å². The molecule has 9 nitrogen and oxygen atoms in total. The Kier molecular flexibility index (Phi) is 8.25. The van der Waals surface area contributed by atoms with E-state index in [1.807, 2.05) is 32.0 Å². The average molecular weight is 465 g/mol. The zero-order valence-corrected chi connectivity index (χ0v) is 19.3.